The van der Waals surface area contributed by atoms with Crippen LogP contribution in [0.1, 0.15) is 26.3 Å². The Labute approximate surface area is 95.6 Å². The van der Waals surface area contributed by atoms with Crippen LogP contribution in [-0.2, 0) is 0 Å². The summed E-state index contributed by atoms with van der Waals surface area (Å²) in [5.41, 5.74) is 6.73. The Hall–Kier alpha value is -1.58. The standard InChI is InChI=1S/C12H18FN3/c1-4-16(8(2)3)11-6-5-9(13)7-10(11)12(14)15/h5-8H,4H2,1-3H3,(H3,14,15). The van der Waals surface area contributed by atoms with Crippen molar-refractivity contribution in [2.75, 3.05) is 11.4 Å². The zero-order chi connectivity index (χ0) is 12.3. The largest absolute Gasteiger partial charge is 0.384 e. The summed E-state index contributed by atoms with van der Waals surface area (Å²) in [5, 5.41) is 7.47. The molecular formula is C12H18FN3. The van der Waals surface area contributed by atoms with Crippen LogP contribution in [0.25, 0.3) is 0 Å². The molecule has 3 N–H and O–H groups in total. The molecule has 16 heavy (non-hydrogen) atoms. The lowest BCUT2D eigenvalue weighted by Crippen LogP contribution is -2.32. The lowest BCUT2D eigenvalue weighted by Gasteiger charge is -2.29. The van der Waals surface area contributed by atoms with Gasteiger partial charge in [-0.05, 0) is 39.0 Å². The van der Waals surface area contributed by atoms with Crippen molar-refractivity contribution in [2.45, 2.75) is 26.8 Å². The number of anilines is 1. The number of hydrogen-bond donors (Lipinski definition) is 2. The van der Waals surface area contributed by atoms with Crippen LogP contribution in [0.5, 0.6) is 0 Å². The van der Waals surface area contributed by atoms with Gasteiger partial charge in [-0.2, -0.15) is 0 Å². The van der Waals surface area contributed by atoms with Crippen molar-refractivity contribution >= 4 is 11.5 Å². The molecule has 3 nitrogen and oxygen atoms in total. The summed E-state index contributed by atoms with van der Waals surface area (Å²) >= 11 is 0. The van der Waals surface area contributed by atoms with Crippen LogP contribution < -0.4 is 10.6 Å². The summed E-state index contributed by atoms with van der Waals surface area (Å²) in [7, 11) is 0. The molecule has 0 amide bonds. The van der Waals surface area contributed by atoms with Crippen LogP contribution in [0.3, 0.4) is 0 Å². The van der Waals surface area contributed by atoms with E-state index in [9.17, 15) is 4.39 Å². The number of amidine groups is 1. The molecule has 0 fully saturated rings. The van der Waals surface area contributed by atoms with Gasteiger partial charge < -0.3 is 10.6 Å². The van der Waals surface area contributed by atoms with Crippen molar-refractivity contribution in [1.29, 1.82) is 5.41 Å². The minimum absolute atomic E-state index is 0.103. The average Bonchev–Trinajstić information content (AvgIpc) is 2.20. The smallest absolute Gasteiger partial charge is 0.125 e. The van der Waals surface area contributed by atoms with Crippen LogP contribution in [0, 0.1) is 11.2 Å². The average molecular weight is 223 g/mol. The predicted octanol–water partition coefficient (Wildman–Crippen LogP) is 2.34. The van der Waals surface area contributed by atoms with E-state index in [2.05, 4.69) is 18.7 Å². The molecule has 0 aliphatic heterocycles. The number of nitrogens with zero attached hydrogens (tertiary/aromatic N) is 1. The van der Waals surface area contributed by atoms with Crippen LogP contribution in [-0.4, -0.2) is 18.4 Å². The van der Waals surface area contributed by atoms with Crippen molar-refractivity contribution in [3.63, 3.8) is 0 Å². The lowest BCUT2D eigenvalue weighted by atomic mass is 10.1. The lowest BCUT2D eigenvalue weighted by molar-refractivity contribution is 0.625. The first-order valence-electron chi connectivity index (χ1n) is 5.38. The van der Waals surface area contributed by atoms with Crippen LogP contribution in [0.15, 0.2) is 18.2 Å². The number of nitrogen functional groups attached to an aromatic ring is 1. The molecule has 0 saturated heterocycles. The second-order valence-electron chi connectivity index (χ2n) is 3.95. The van der Waals surface area contributed by atoms with Crippen LogP contribution >= 0.6 is 0 Å². The van der Waals surface area contributed by atoms with Crippen molar-refractivity contribution < 1.29 is 4.39 Å². The van der Waals surface area contributed by atoms with E-state index < -0.39 is 0 Å². The number of rotatable bonds is 4. The van der Waals surface area contributed by atoms with Gasteiger partial charge in [0.1, 0.15) is 11.7 Å². The molecule has 0 heterocycles. The topological polar surface area (TPSA) is 53.1 Å². The van der Waals surface area contributed by atoms with E-state index in [-0.39, 0.29) is 17.7 Å². The Balaban J connectivity index is 3.26. The molecule has 0 aromatic heterocycles. The maximum Gasteiger partial charge on any atom is 0.125 e. The molecule has 0 radical (unpaired) electrons. The van der Waals surface area contributed by atoms with Crippen LogP contribution in [0.4, 0.5) is 10.1 Å². The maximum atomic E-state index is 13.1. The summed E-state index contributed by atoms with van der Waals surface area (Å²) in [6.45, 7) is 6.92. The van der Waals surface area contributed by atoms with Crippen molar-refractivity contribution in [1.82, 2.24) is 0 Å². The predicted molar refractivity (Wildman–Crippen MR) is 65.6 cm³/mol. The van der Waals surface area contributed by atoms with Crippen LogP contribution in [0.2, 0.25) is 0 Å². The van der Waals surface area contributed by atoms with Gasteiger partial charge in [0.05, 0.1) is 0 Å². The first-order chi connectivity index (χ1) is 7.47. The number of nitrogens with two attached hydrogens (primary N) is 1. The summed E-state index contributed by atoms with van der Waals surface area (Å²) < 4.78 is 13.1. The molecular weight excluding hydrogens is 205 g/mol. The zero-order valence-corrected chi connectivity index (χ0v) is 9.92. The van der Waals surface area contributed by atoms with Gasteiger partial charge in [0.15, 0.2) is 0 Å². The highest BCUT2D eigenvalue weighted by Crippen LogP contribution is 2.23. The van der Waals surface area contributed by atoms with Gasteiger partial charge in [-0.15, -0.1) is 0 Å². The fourth-order valence-corrected chi connectivity index (χ4v) is 1.79. The van der Waals surface area contributed by atoms with Crippen molar-refractivity contribution in [3.8, 4) is 0 Å². The van der Waals surface area contributed by atoms with Gasteiger partial charge in [-0.1, -0.05) is 0 Å². The molecule has 0 atom stereocenters. The zero-order valence-electron chi connectivity index (χ0n) is 9.92. The van der Waals surface area contributed by atoms with E-state index in [1.54, 1.807) is 6.07 Å². The van der Waals surface area contributed by atoms with Gasteiger partial charge in [-0.3, -0.25) is 5.41 Å². The molecule has 0 aliphatic carbocycles. The Kier molecular flexibility index (Phi) is 3.88. The molecule has 0 spiro atoms. The maximum absolute atomic E-state index is 13.1. The van der Waals surface area contributed by atoms with Gasteiger partial charge in [0.2, 0.25) is 0 Å². The molecule has 1 rings (SSSR count). The van der Waals surface area contributed by atoms with E-state index in [0.29, 0.717) is 5.56 Å². The number of benzene rings is 1. The van der Waals surface area contributed by atoms with Gasteiger partial charge in [0, 0.05) is 23.8 Å². The fourth-order valence-electron chi connectivity index (χ4n) is 1.79. The molecule has 0 aliphatic rings. The summed E-state index contributed by atoms with van der Waals surface area (Å²) in [6, 6.07) is 4.67. The molecule has 0 unspecified atom stereocenters. The fraction of sp³-hybridized carbons (Fsp3) is 0.417. The normalized spacial score (nSPS) is 10.6. The third kappa shape index (κ3) is 2.51. The first kappa shape index (κ1) is 12.5. The van der Waals surface area contributed by atoms with E-state index in [1.165, 1.54) is 12.1 Å². The third-order valence-electron chi connectivity index (χ3n) is 2.52. The van der Waals surface area contributed by atoms with E-state index in [0.717, 1.165) is 12.2 Å². The van der Waals surface area contributed by atoms with Crippen molar-refractivity contribution in [3.05, 3.63) is 29.6 Å². The molecule has 1 aromatic rings. The minimum Gasteiger partial charge on any atom is -0.384 e. The summed E-state index contributed by atoms with van der Waals surface area (Å²) in [5.74, 6) is -0.470. The highest BCUT2D eigenvalue weighted by molar-refractivity contribution is 6.00. The van der Waals surface area contributed by atoms with E-state index >= 15 is 0 Å². The number of nitrogens with one attached hydrogen (secondary N) is 1. The Morgan fingerprint density at radius 1 is 1.50 bits per heavy atom. The van der Waals surface area contributed by atoms with Gasteiger partial charge in [0.25, 0.3) is 0 Å². The molecule has 0 saturated carbocycles. The molecule has 4 heteroatoms. The highest BCUT2D eigenvalue weighted by Gasteiger charge is 2.14. The Morgan fingerprint density at radius 3 is 2.56 bits per heavy atom. The Bertz CT molecular complexity index is 388. The first-order valence-corrected chi connectivity index (χ1v) is 5.38. The van der Waals surface area contributed by atoms with Crippen molar-refractivity contribution in [2.24, 2.45) is 5.73 Å². The molecule has 88 valence electrons. The summed E-state index contributed by atoms with van der Waals surface area (Å²) in [4.78, 5) is 2.08. The summed E-state index contributed by atoms with van der Waals surface area (Å²) in [6.07, 6.45) is 0. The quantitative estimate of drug-likeness (QED) is 0.608. The minimum atomic E-state index is -0.367. The monoisotopic (exact) mass is 223 g/mol. The molecule has 1 aromatic carbocycles. The van der Waals surface area contributed by atoms with E-state index in [4.69, 9.17) is 11.1 Å². The van der Waals surface area contributed by atoms with E-state index in [1.807, 2.05) is 6.92 Å². The number of hydrogen-bond acceptors (Lipinski definition) is 2. The molecule has 0 bridgehead atoms. The second-order valence-corrected chi connectivity index (χ2v) is 3.95. The van der Waals surface area contributed by atoms with Gasteiger partial charge >= 0.3 is 0 Å². The highest BCUT2D eigenvalue weighted by atomic mass is 19.1. The third-order valence-corrected chi connectivity index (χ3v) is 2.52. The Morgan fingerprint density at radius 2 is 2.12 bits per heavy atom. The second kappa shape index (κ2) is 4.96. The number of halogens is 1. The van der Waals surface area contributed by atoms with Gasteiger partial charge in [-0.25, -0.2) is 4.39 Å². The SMILES string of the molecule is CCN(c1ccc(F)cc1C(=N)N)C(C)C.